The van der Waals surface area contributed by atoms with E-state index in [0.717, 1.165) is 33.7 Å². The average molecular weight is 399 g/mol. The number of carbonyl (C=O) groups is 1. The van der Waals surface area contributed by atoms with Crippen molar-refractivity contribution in [2.45, 2.75) is 53.1 Å². The van der Waals surface area contributed by atoms with Gasteiger partial charge in [-0.2, -0.15) is 0 Å². The van der Waals surface area contributed by atoms with Crippen LogP contribution in [0, 0.1) is 12.8 Å². The topological polar surface area (TPSA) is 72.0 Å². The Morgan fingerprint density at radius 1 is 1.29 bits per heavy atom. The molecule has 3 aromatic rings. The van der Waals surface area contributed by atoms with Gasteiger partial charge in [-0.3, -0.25) is 9.59 Å². The molecule has 0 saturated carbocycles. The molecule has 1 aromatic carbocycles. The van der Waals surface area contributed by atoms with E-state index in [1.807, 2.05) is 37.3 Å². The number of thiophene rings is 1. The van der Waals surface area contributed by atoms with Crippen LogP contribution < -0.4 is 5.56 Å². The Bertz CT molecular complexity index is 1010. The number of nitrogens with zero attached hydrogens (tertiary/aromatic N) is 1. The van der Waals surface area contributed by atoms with Crippen molar-refractivity contribution in [1.29, 1.82) is 0 Å². The molecule has 2 heterocycles. The summed E-state index contributed by atoms with van der Waals surface area (Å²) in [4.78, 5) is 33.8. The van der Waals surface area contributed by atoms with Gasteiger partial charge in [-0.05, 0) is 36.8 Å². The van der Waals surface area contributed by atoms with E-state index in [1.54, 1.807) is 0 Å². The quantitative estimate of drug-likeness (QED) is 0.565. The van der Waals surface area contributed by atoms with Crippen molar-refractivity contribution in [1.82, 2.24) is 9.97 Å². The van der Waals surface area contributed by atoms with Crippen molar-refractivity contribution >= 4 is 27.5 Å². The van der Waals surface area contributed by atoms with Crippen LogP contribution in [0.25, 0.3) is 10.2 Å². The molecular formula is C22H26N2O3S. The predicted molar refractivity (Wildman–Crippen MR) is 113 cm³/mol. The van der Waals surface area contributed by atoms with Crippen molar-refractivity contribution in [3.63, 3.8) is 0 Å². The first-order chi connectivity index (χ1) is 13.5. The van der Waals surface area contributed by atoms with Gasteiger partial charge in [0.1, 0.15) is 17.3 Å². The normalized spacial score (nSPS) is 12.2. The van der Waals surface area contributed by atoms with Crippen LogP contribution in [0.15, 0.2) is 35.1 Å². The van der Waals surface area contributed by atoms with Crippen molar-refractivity contribution in [3.8, 4) is 0 Å². The minimum atomic E-state index is -0.300. The third-order valence-corrected chi connectivity index (χ3v) is 6.03. The molecule has 1 atom stereocenters. The fraction of sp³-hybridized carbons (Fsp3) is 0.409. The van der Waals surface area contributed by atoms with Crippen LogP contribution in [-0.2, 0) is 29.0 Å². The molecule has 0 aliphatic rings. The van der Waals surface area contributed by atoms with Gasteiger partial charge in [-0.15, -0.1) is 11.3 Å². The molecule has 5 nitrogen and oxygen atoms in total. The van der Waals surface area contributed by atoms with E-state index in [2.05, 4.69) is 23.8 Å². The van der Waals surface area contributed by atoms with E-state index >= 15 is 0 Å². The van der Waals surface area contributed by atoms with E-state index < -0.39 is 0 Å². The van der Waals surface area contributed by atoms with Gasteiger partial charge in [0.05, 0.1) is 5.39 Å². The molecule has 0 radical (unpaired) electrons. The number of hydrogen-bond acceptors (Lipinski definition) is 5. The maximum atomic E-state index is 12.6. The molecule has 0 bridgehead atoms. The molecule has 28 heavy (non-hydrogen) atoms. The summed E-state index contributed by atoms with van der Waals surface area (Å²) in [6.07, 6.45) is 2.87. The zero-order valence-corrected chi connectivity index (χ0v) is 17.4. The smallest absolute Gasteiger partial charge is 0.306 e. The molecule has 3 rings (SSSR count). The zero-order chi connectivity index (χ0) is 20.1. The standard InChI is InChI=1S/C22H26N2O3S/c1-4-14(2)12-17-15(3)28-22-20(17)21(26)23-18(24-22)13-27-19(25)11-10-16-8-6-5-7-9-16/h5-9,14H,4,10-13H2,1-3H3,(H,23,24,26)/t14-/m0/s1. The van der Waals surface area contributed by atoms with E-state index in [0.29, 0.717) is 30.0 Å². The second-order valence-corrected chi connectivity index (χ2v) is 8.40. The van der Waals surface area contributed by atoms with E-state index in [9.17, 15) is 9.59 Å². The molecule has 6 heteroatoms. The molecule has 0 fully saturated rings. The highest BCUT2D eigenvalue weighted by atomic mass is 32.1. The number of esters is 1. The first-order valence-corrected chi connectivity index (χ1v) is 10.5. The molecule has 0 saturated heterocycles. The van der Waals surface area contributed by atoms with Gasteiger partial charge in [-0.25, -0.2) is 4.98 Å². The summed E-state index contributed by atoms with van der Waals surface area (Å²) in [7, 11) is 0. The lowest BCUT2D eigenvalue weighted by molar-refractivity contribution is -0.145. The Morgan fingerprint density at radius 3 is 2.75 bits per heavy atom. The van der Waals surface area contributed by atoms with Crippen LogP contribution >= 0.6 is 11.3 Å². The van der Waals surface area contributed by atoms with Crippen molar-refractivity contribution in [2.75, 3.05) is 0 Å². The molecule has 0 amide bonds. The van der Waals surface area contributed by atoms with Crippen LogP contribution in [0.3, 0.4) is 0 Å². The summed E-state index contributed by atoms with van der Waals surface area (Å²) >= 11 is 1.53. The Hall–Kier alpha value is -2.47. The maximum absolute atomic E-state index is 12.6. The second-order valence-electron chi connectivity index (χ2n) is 7.19. The van der Waals surface area contributed by atoms with Crippen LogP contribution in [0.1, 0.15) is 48.5 Å². The van der Waals surface area contributed by atoms with Crippen LogP contribution in [-0.4, -0.2) is 15.9 Å². The summed E-state index contributed by atoms with van der Waals surface area (Å²) in [6, 6.07) is 9.81. The van der Waals surface area contributed by atoms with Gasteiger partial charge in [0.15, 0.2) is 0 Å². The number of benzene rings is 1. The molecule has 1 N–H and O–H groups in total. The number of aromatic amines is 1. The molecule has 0 aliphatic heterocycles. The van der Waals surface area contributed by atoms with Crippen molar-refractivity contribution < 1.29 is 9.53 Å². The second kappa shape index (κ2) is 9.15. The highest BCUT2D eigenvalue weighted by molar-refractivity contribution is 7.18. The number of carbonyl (C=O) groups excluding carboxylic acids is 1. The maximum Gasteiger partial charge on any atom is 0.306 e. The van der Waals surface area contributed by atoms with Crippen LogP contribution in [0.4, 0.5) is 0 Å². The zero-order valence-electron chi connectivity index (χ0n) is 16.6. The number of aryl methyl sites for hydroxylation is 2. The minimum Gasteiger partial charge on any atom is -0.458 e. The number of nitrogens with one attached hydrogen (secondary N) is 1. The lowest BCUT2D eigenvalue weighted by atomic mass is 9.98. The van der Waals surface area contributed by atoms with Gasteiger partial charge in [0.2, 0.25) is 0 Å². The number of fused-ring (bicyclic) bond motifs is 1. The summed E-state index contributed by atoms with van der Waals surface area (Å²) in [5.74, 6) is 0.606. The molecule has 0 aliphatic carbocycles. The summed E-state index contributed by atoms with van der Waals surface area (Å²) in [5.41, 5.74) is 2.03. The molecule has 148 valence electrons. The Morgan fingerprint density at radius 2 is 2.04 bits per heavy atom. The van der Waals surface area contributed by atoms with E-state index in [4.69, 9.17) is 4.74 Å². The lowest BCUT2D eigenvalue weighted by Crippen LogP contribution is -2.15. The van der Waals surface area contributed by atoms with Gasteiger partial charge >= 0.3 is 5.97 Å². The third kappa shape index (κ3) is 4.87. The molecule has 0 spiro atoms. The Kier molecular flexibility index (Phi) is 6.62. The third-order valence-electron chi connectivity index (χ3n) is 4.99. The van der Waals surface area contributed by atoms with Crippen molar-refractivity contribution in [2.24, 2.45) is 5.92 Å². The van der Waals surface area contributed by atoms with Crippen LogP contribution in [0.2, 0.25) is 0 Å². The lowest BCUT2D eigenvalue weighted by Gasteiger charge is -2.08. The fourth-order valence-electron chi connectivity index (χ4n) is 3.14. The summed E-state index contributed by atoms with van der Waals surface area (Å²) in [6.45, 7) is 6.36. The van der Waals surface area contributed by atoms with Gasteiger partial charge in [-0.1, -0.05) is 50.6 Å². The summed E-state index contributed by atoms with van der Waals surface area (Å²) in [5, 5.41) is 0.682. The van der Waals surface area contributed by atoms with Gasteiger partial charge in [0.25, 0.3) is 5.56 Å². The Balaban J connectivity index is 1.67. The Labute approximate surface area is 168 Å². The van der Waals surface area contributed by atoms with Gasteiger partial charge in [0, 0.05) is 11.3 Å². The fourth-order valence-corrected chi connectivity index (χ4v) is 4.21. The van der Waals surface area contributed by atoms with Crippen molar-refractivity contribution in [3.05, 3.63) is 62.5 Å². The SMILES string of the molecule is CC[C@H](C)Cc1c(C)sc2nc(COC(=O)CCc3ccccc3)[nH]c(=O)c12. The number of H-pyrrole nitrogens is 1. The molecular weight excluding hydrogens is 372 g/mol. The summed E-state index contributed by atoms with van der Waals surface area (Å²) < 4.78 is 5.31. The number of aromatic nitrogens is 2. The molecule has 0 unspecified atom stereocenters. The highest BCUT2D eigenvalue weighted by Crippen LogP contribution is 2.29. The van der Waals surface area contributed by atoms with Gasteiger partial charge < -0.3 is 9.72 Å². The number of ether oxygens (including phenoxy) is 1. The van der Waals surface area contributed by atoms with Crippen LogP contribution in [0.5, 0.6) is 0 Å². The molecule has 2 aromatic heterocycles. The highest BCUT2D eigenvalue weighted by Gasteiger charge is 2.17. The largest absolute Gasteiger partial charge is 0.458 e. The predicted octanol–water partition coefficient (Wildman–Crippen LogP) is 4.56. The van der Waals surface area contributed by atoms with E-state index in [1.165, 1.54) is 11.3 Å². The first-order valence-electron chi connectivity index (χ1n) is 9.68. The number of rotatable bonds is 8. The monoisotopic (exact) mass is 398 g/mol. The van der Waals surface area contributed by atoms with E-state index in [-0.39, 0.29) is 18.1 Å². The average Bonchev–Trinajstić information content (AvgIpc) is 3.01. The minimum absolute atomic E-state index is 0.0174. The number of hydrogen-bond donors (Lipinski definition) is 1. The first kappa shape index (κ1) is 20.3.